The van der Waals surface area contributed by atoms with Gasteiger partial charge in [-0.1, -0.05) is 0 Å². The van der Waals surface area contributed by atoms with Crippen molar-refractivity contribution in [1.29, 1.82) is 5.26 Å². The molecule has 0 unspecified atom stereocenters. The van der Waals surface area contributed by atoms with E-state index in [1.54, 1.807) is 6.07 Å². The first-order valence-corrected chi connectivity index (χ1v) is 3.87. The van der Waals surface area contributed by atoms with Crippen LogP contribution in [0.2, 0.25) is 0 Å². The van der Waals surface area contributed by atoms with E-state index in [2.05, 4.69) is 4.98 Å². The van der Waals surface area contributed by atoms with Gasteiger partial charge in [0.15, 0.2) is 5.69 Å². The molecule has 2 aromatic rings. The fraction of sp³-hybridized carbons (Fsp3) is 0. The largest absolute Gasteiger partial charge is 0.245 e. The SMILES string of the molecule is N#Cc1nccc2c(F)ccc(F)c12. The number of pyridine rings is 1. The lowest BCUT2D eigenvalue weighted by Gasteiger charge is -2.01. The molecule has 0 bridgehead atoms. The molecule has 4 heteroatoms. The maximum absolute atomic E-state index is 13.3. The molecule has 1 heterocycles. The molecule has 0 amide bonds. The number of fused-ring (bicyclic) bond motifs is 1. The first-order chi connectivity index (χ1) is 6.74. The topological polar surface area (TPSA) is 36.7 Å². The fourth-order valence-corrected chi connectivity index (χ4v) is 1.31. The number of halogens is 2. The molecule has 0 radical (unpaired) electrons. The van der Waals surface area contributed by atoms with E-state index in [0.29, 0.717) is 0 Å². The van der Waals surface area contributed by atoms with E-state index in [9.17, 15) is 8.78 Å². The van der Waals surface area contributed by atoms with Crippen LogP contribution in [0, 0.1) is 23.0 Å². The molecular weight excluding hydrogens is 186 g/mol. The Bertz CT molecular complexity index is 544. The van der Waals surface area contributed by atoms with Crippen molar-refractivity contribution in [3.63, 3.8) is 0 Å². The smallest absolute Gasteiger partial charge is 0.151 e. The molecule has 0 saturated carbocycles. The minimum absolute atomic E-state index is 0.0602. The van der Waals surface area contributed by atoms with Gasteiger partial charge in [0.2, 0.25) is 0 Å². The average molecular weight is 190 g/mol. The van der Waals surface area contributed by atoms with Gasteiger partial charge in [-0.2, -0.15) is 5.26 Å². The second kappa shape index (κ2) is 3.04. The molecule has 2 nitrogen and oxygen atoms in total. The molecule has 0 spiro atoms. The molecule has 2 rings (SSSR count). The lowest BCUT2D eigenvalue weighted by molar-refractivity contribution is 0.617. The fourth-order valence-electron chi connectivity index (χ4n) is 1.31. The van der Waals surface area contributed by atoms with Gasteiger partial charge in [0, 0.05) is 11.6 Å². The molecule has 1 aromatic heterocycles. The van der Waals surface area contributed by atoms with Gasteiger partial charge >= 0.3 is 0 Å². The lowest BCUT2D eigenvalue weighted by atomic mass is 10.1. The molecule has 0 saturated heterocycles. The predicted octanol–water partition coefficient (Wildman–Crippen LogP) is 2.38. The van der Waals surface area contributed by atoms with E-state index in [1.807, 2.05) is 0 Å². The summed E-state index contributed by atoms with van der Waals surface area (Å²) in [6.07, 6.45) is 1.28. The van der Waals surface area contributed by atoms with Crippen LogP contribution in [0.25, 0.3) is 10.8 Å². The van der Waals surface area contributed by atoms with E-state index in [4.69, 9.17) is 5.26 Å². The van der Waals surface area contributed by atoms with Crippen LogP contribution in [0.3, 0.4) is 0 Å². The van der Waals surface area contributed by atoms with Crippen LogP contribution in [0.4, 0.5) is 8.78 Å². The number of benzene rings is 1. The third-order valence-electron chi connectivity index (χ3n) is 1.93. The number of rotatable bonds is 0. The molecule has 0 aliphatic carbocycles. The second-order valence-electron chi connectivity index (χ2n) is 2.72. The highest BCUT2D eigenvalue weighted by atomic mass is 19.1. The van der Waals surface area contributed by atoms with Gasteiger partial charge in [-0.15, -0.1) is 0 Å². The zero-order chi connectivity index (χ0) is 10.1. The summed E-state index contributed by atoms with van der Waals surface area (Å²) in [6.45, 7) is 0. The molecule has 1 aromatic carbocycles. The number of nitrogens with zero attached hydrogens (tertiary/aromatic N) is 2. The van der Waals surface area contributed by atoms with Crippen LogP contribution in [0.1, 0.15) is 5.69 Å². The molecule has 0 fully saturated rings. The summed E-state index contributed by atoms with van der Waals surface area (Å²) in [6, 6.07) is 5.07. The number of hydrogen-bond donors (Lipinski definition) is 0. The Labute approximate surface area is 78.4 Å². The first-order valence-electron chi connectivity index (χ1n) is 3.87. The van der Waals surface area contributed by atoms with Crippen LogP contribution in [0.5, 0.6) is 0 Å². The van der Waals surface area contributed by atoms with Gasteiger partial charge in [0.05, 0.1) is 5.39 Å². The summed E-state index contributed by atoms with van der Waals surface area (Å²) in [5.74, 6) is -1.19. The molecule has 0 aliphatic heterocycles. The Morgan fingerprint density at radius 3 is 2.57 bits per heavy atom. The van der Waals surface area contributed by atoms with Crippen LogP contribution in [-0.2, 0) is 0 Å². The van der Waals surface area contributed by atoms with Crippen molar-refractivity contribution in [1.82, 2.24) is 4.98 Å². The van der Waals surface area contributed by atoms with Crippen molar-refractivity contribution in [3.8, 4) is 6.07 Å². The van der Waals surface area contributed by atoms with E-state index in [0.717, 1.165) is 12.1 Å². The van der Waals surface area contributed by atoms with Crippen LogP contribution >= 0.6 is 0 Å². The van der Waals surface area contributed by atoms with Gasteiger partial charge < -0.3 is 0 Å². The van der Waals surface area contributed by atoms with Crippen molar-refractivity contribution < 1.29 is 8.78 Å². The van der Waals surface area contributed by atoms with Crippen LogP contribution < -0.4 is 0 Å². The van der Waals surface area contributed by atoms with Crippen molar-refractivity contribution in [2.75, 3.05) is 0 Å². The van der Waals surface area contributed by atoms with Gasteiger partial charge in [0.1, 0.15) is 17.7 Å². The highest BCUT2D eigenvalue weighted by Gasteiger charge is 2.10. The summed E-state index contributed by atoms with van der Waals surface area (Å²) in [5, 5.41) is 8.67. The molecule has 14 heavy (non-hydrogen) atoms. The highest BCUT2D eigenvalue weighted by Crippen LogP contribution is 2.22. The van der Waals surface area contributed by atoms with Crippen LogP contribution in [0.15, 0.2) is 24.4 Å². The second-order valence-corrected chi connectivity index (χ2v) is 2.72. The maximum atomic E-state index is 13.3. The Morgan fingerprint density at radius 1 is 1.14 bits per heavy atom. The molecule has 68 valence electrons. The number of nitriles is 1. The van der Waals surface area contributed by atoms with E-state index in [1.165, 1.54) is 12.3 Å². The Morgan fingerprint density at radius 2 is 1.86 bits per heavy atom. The standard InChI is InChI=1S/C10H4F2N2/c11-7-1-2-8(12)10-6(7)3-4-14-9(10)5-13/h1-4H. The zero-order valence-electron chi connectivity index (χ0n) is 6.96. The monoisotopic (exact) mass is 190 g/mol. The van der Waals surface area contributed by atoms with Crippen molar-refractivity contribution in [3.05, 3.63) is 41.7 Å². The Hall–Kier alpha value is -2.02. The van der Waals surface area contributed by atoms with Crippen molar-refractivity contribution >= 4 is 10.8 Å². The predicted molar refractivity (Wildman–Crippen MR) is 46.4 cm³/mol. The zero-order valence-corrected chi connectivity index (χ0v) is 6.96. The molecule has 0 aliphatic rings. The summed E-state index contributed by atoms with van der Waals surface area (Å²) in [4.78, 5) is 3.66. The summed E-state index contributed by atoms with van der Waals surface area (Å²) in [7, 11) is 0. The van der Waals surface area contributed by atoms with Crippen molar-refractivity contribution in [2.24, 2.45) is 0 Å². The normalized spacial score (nSPS) is 10.1. The summed E-state index contributed by atoms with van der Waals surface area (Å²) < 4.78 is 26.4. The van der Waals surface area contributed by atoms with Gasteiger partial charge in [-0.3, -0.25) is 0 Å². The van der Waals surface area contributed by atoms with Gasteiger partial charge in [0.25, 0.3) is 0 Å². The average Bonchev–Trinajstić information content (AvgIpc) is 2.23. The highest BCUT2D eigenvalue weighted by molar-refractivity contribution is 5.87. The van der Waals surface area contributed by atoms with Gasteiger partial charge in [-0.25, -0.2) is 13.8 Å². The summed E-state index contributed by atoms with van der Waals surface area (Å²) >= 11 is 0. The third kappa shape index (κ3) is 1.11. The molecular formula is C10H4F2N2. The Balaban J connectivity index is 3.01. The van der Waals surface area contributed by atoms with E-state index in [-0.39, 0.29) is 16.5 Å². The summed E-state index contributed by atoms with van der Waals surface area (Å²) in [5.41, 5.74) is -0.0977. The molecule has 0 atom stereocenters. The molecule has 0 N–H and O–H groups in total. The lowest BCUT2D eigenvalue weighted by Crippen LogP contribution is -1.91. The first kappa shape index (κ1) is 8.57. The third-order valence-corrected chi connectivity index (χ3v) is 1.93. The Kier molecular flexibility index (Phi) is 1.86. The number of aromatic nitrogens is 1. The number of hydrogen-bond acceptors (Lipinski definition) is 2. The quantitative estimate of drug-likeness (QED) is 0.639. The van der Waals surface area contributed by atoms with Crippen LogP contribution in [-0.4, -0.2) is 4.98 Å². The van der Waals surface area contributed by atoms with E-state index >= 15 is 0 Å². The minimum Gasteiger partial charge on any atom is -0.245 e. The minimum atomic E-state index is -0.633. The van der Waals surface area contributed by atoms with E-state index < -0.39 is 11.6 Å². The maximum Gasteiger partial charge on any atom is 0.151 e. The van der Waals surface area contributed by atoms with Crippen molar-refractivity contribution in [2.45, 2.75) is 0 Å². The van der Waals surface area contributed by atoms with Gasteiger partial charge in [-0.05, 0) is 18.2 Å².